The third-order valence-electron chi connectivity index (χ3n) is 2.93. The van der Waals surface area contributed by atoms with Gasteiger partial charge in [0.2, 0.25) is 0 Å². The highest BCUT2D eigenvalue weighted by molar-refractivity contribution is 5.88. The number of nitrogens with zero attached hydrogens (tertiary/aromatic N) is 1. The van der Waals surface area contributed by atoms with Crippen LogP contribution in [0.25, 0.3) is 0 Å². The quantitative estimate of drug-likeness (QED) is 0.820. The lowest BCUT2D eigenvalue weighted by Crippen LogP contribution is -2.32. The summed E-state index contributed by atoms with van der Waals surface area (Å²) in [6, 6.07) is 5.28. The number of hydrogen-bond acceptors (Lipinski definition) is 2. The molecule has 0 unspecified atom stereocenters. The first-order valence-corrected chi connectivity index (χ1v) is 5.80. The van der Waals surface area contributed by atoms with Gasteiger partial charge in [0.25, 0.3) is 0 Å². The van der Waals surface area contributed by atoms with E-state index in [4.69, 9.17) is 0 Å². The van der Waals surface area contributed by atoms with E-state index in [0.29, 0.717) is 11.7 Å². The number of amides is 2. The lowest BCUT2D eigenvalue weighted by atomic mass is 10.1. The van der Waals surface area contributed by atoms with Crippen molar-refractivity contribution < 1.29 is 4.79 Å². The fraction of sp³-hybridized carbons (Fsp3) is 0.500. The standard InChI is InChI=1S/C12H17N3O/c16-12(14-9-10-5-1-2-6-10)15-11-7-3-4-8-13-11/h3-4,7-8,10H,1-2,5-6,9H2,(H2,13,14,15,16). The second-order valence-corrected chi connectivity index (χ2v) is 4.20. The predicted molar refractivity (Wildman–Crippen MR) is 63.2 cm³/mol. The molecule has 1 fully saturated rings. The van der Waals surface area contributed by atoms with Gasteiger partial charge in [-0.25, -0.2) is 9.78 Å². The van der Waals surface area contributed by atoms with E-state index < -0.39 is 0 Å². The molecule has 1 heterocycles. The number of anilines is 1. The van der Waals surface area contributed by atoms with E-state index in [0.717, 1.165) is 6.54 Å². The van der Waals surface area contributed by atoms with Gasteiger partial charge >= 0.3 is 6.03 Å². The van der Waals surface area contributed by atoms with Gasteiger partial charge in [-0.2, -0.15) is 0 Å². The van der Waals surface area contributed by atoms with Crippen LogP contribution in [0.2, 0.25) is 0 Å². The summed E-state index contributed by atoms with van der Waals surface area (Å²) < 4.78 is 0. The first kappa shape index (κ1) is 10.9. The van der Waals surface area contributed by atoms with E-state index in [2.05, 4.69) is 15.6 Å². The number of rotatable bonds is 3. The van der Waals surface area contributed by atoms with Crippen molar-refractivity contribution in [2.45, 2.75) is 25.7 Å². The van der Waals surface area contributed by atoms with Gasteiger partial charge in [-0.3, -0.25) is 5.32 Å². The predicted octanol–water partition coefficient (Wildman–Crippen LogP) is 2.39. The Hall–Kier alpha value is -1.58. The largest absolute Gasteiger partial charge is 0.338 e. The maximum absolute atomic E-state index is 11.5. The summed E-state index contributed by atoms with van der Waals surface area (Å²) >= 11 is 0. The second-order valence-electron chi connectivity index (χ2n) is 4.20. The minimum atomic E-state index is -0.161. The Morgan fingerprint density at radius 3 is 2.88 bits per heavy atom. The number of nitrogens with one attached hydrogen (secondary N) is 2. The van der Waals surface area contributed by atoms with Gasteiger partial charge in [-0.15, -0.1) is 0 Å². The van der Waals surface area contributed by atoms with Crippen molar-refractivity contribution in [1.29, 1.82) is 0 Å². The second kappa shape index (κ2) is 5.49. The van der Waals surface area contributed by atoms with E-state index in [1.807, 2.05) is 12.1 Å². The molecule has 1 aliphatic rings. The van der Waals surface area contributed by atoms with Gasteiger partial charge in [-0.05, 0) is 30.9 Å². The molecule has 1 aliphatic carbocycles. The smallest absolute Gasteiger partial charge is 0.320 e. The van der Waals surface area contributed by atoms with Crippen LogP contribution in [-0.2, 0) is 0 Å². The number of aromatic nitrogens is 1. The number of carbonyl (C=O) groups excluding carboxylic acids is 1. The van der Waals surface area contributed by atoms with Crippen LogP contribution in [0.4, 0.5) is 10.6 Å². The maximum Gasteiger partial charge on any atom is 0.320 e. The molecule has 0 bridgehead atoms. The molecule has 2 rings (SSSR count). The van der Waals surface area contributed by atoms with Crippen molar-refractivity contribution in [2.75, 3.05) is 11.9 Å². The molecule has 1 aromatic rings. The van der Waals surface area contributed by atoms with Crippen LogP contribution in [0.3, 0.4) is 0 Å². The third kappa shape index (κ3) is 3.22. The zero-order valence-corrected chi connectivity index (χ0v) is 9.28. The lowest BCUT2D eigenvalue weighted by Gasteiger charge is -2.10. The molecule has 0 atom stereocenters. The minimum Gasteiger partial charge on any atom is -0.338 e. The Kier molecular flexibility index (Phi) is 3.75. The Balaban J connectivity index is 1.72. The SMILES string of the molecule is O=C(NCC1CCCC1)Nc1ccccn1. The normalized spacial score (nSPS) is 16.0. The topological polar surface area (TPSA) is 54.0 Å². The van der Waals surface area contributed by atoms with Crippen LogP contribution < -0.4 is 10.6 Å². The summed E-state index contributed by atoms with van der Waals surface area (Å²) in [4.78, 5) is 15.5. The molecule has 1 aromatic heterocycles. The van der Waals surface area contributed by atoms with Gasteiger partial charge < -0.3 is 5.32 Å². The molecular weight excluding hydrogens is 202 g/mol. The summed E-state index contributed by atoms with van der Waals surface area (Å²) in [5.41, 5.74) is 0. The molecule has 0 radical (unpaired) electrons. The highest BCUT2D eigenvalue weighted by Crippen LogP contribution is 2.23. The Bertz CT molecular complexity index is 333. The molecule has 0 aromatic carbocycles. The van der Waals surface area contributed by atoms with Gasteiger partial charge in [0.05, 0.1) is 0 Å². The average molecular weight is 219 g/mol. The van der Waals surface area contributed by atoms with Crippen molar-refractivity contribution in [3.8, 4) is 0 Å². The molecule has 16 heavy (non-hydrogen) atoms. The van der Waals surface area contributed by atoms with E-state index in [1.54, 1.807) is 12.3 Å². The van der Waals surface area contributed by atoms with Crippen molar-refractivity contribution in [2.24, 2.45) is 5.92 Å². The van der Waals surface area contributed by atoms with Gasteiger partial charge in [0, 0.05) is 12.7 Å². The Morgan fingerprint density at radius 2 is 2.19 bits per heavy atom. The number of hydrogen-bond donors (Lipinski definition) is 2. The summed E-state index contributed by atoms with van der Waals surface area (Å²) in [5, 5.41) is 5.59. The van der Waals surface area contributed by atoms with Crippen molar-refractivity contribution in [3.05, 3.63) is 24.4 Å². The number of pyridine rings is 1. The molecule has 2 N–H and O–H groups in total. The van der Waals surface area contributed by atoms with Crippen LogP contribution in [0.5, 0.6) is 0 Å². The van der Waals surface area contributed by atoms with Crippen LogP contribution >= 0.6 is 0 Å². The third-order valence-corrected chi connectivity index (χ3v) is 2.93. The van der Waals surface area contributed by atoms with E-state index in [9.17, 15) is 4.79 Å². The molecule has 4 nitrogen and oxygen atoms in total. The van der Waals surface area contributed by atoms with Crippen molar-refractivity contribution in [1.82, 2.24) is 10.3 Å². The summed E-state index contributed by atoms with van der Waals surface area (Å²) in [6.45, 7) is 0.776. The lowest BCUT2D eigenvalue weighted by molar-refractivity contribution is 0.250. The van der Waals surface area contributed by atoms with Gasteiger partial charge in [0.1, 0.15) is 5.82 Å². The monoisotopic (exact) mass is 219 g/mol. The summed E-state index contributed by atoms with van der Waals surface area (Å²) in [5.74, 6) is 1.25. The minimum absolute atomic E-state index is 0.161. The van der Waals surface area contributed by atoms with Crippen LogP contribution in [0.1, 0.15) is 25.7 Å². The fourth-order valence-electron chi connectivity index (χ4n) is 2.05. The van der Waals surface area contributed by atoms with E-state index in [1.165, 1.54) is 25.7 Å². The maximum atomic E-state index is 11.5. The number of carbonyl (C=O) groups is 1. The van der Waals surface area contributed by atoms with Crippen LogP contribution in [0, 0.1) is 5.92 Å². The van der Waals surface area contributed by atoms with Gasteiger partial charge in [-0.1, -0.05) is 18.9 Å². The number of urea groups is 1. The summed E-state index contributed by atoms with van der Waals surface area (Å²) in [6.07, 6.45) is 6.74. The Morgan fingerprint density at radius 1 is 1.38 bits per heavy atom. The van der Waals surface area contributed by atoms with E-state index in [-0.39, 0.29) is 6.03 Å². The van der Waals surface area contributed by atoms with Crippen molar-refractivity contribution >= 4 is 11.8 Å². The molecule has 1 saturated carbocycles. The zero-order valence-electron chi connectivity index (χ0n) is 9.28. The average Bonchev–Trinajstić information content (AvgIpc) is 2.81. The molecule has 86 valence electrons. The first-order valence-electron chi connectivity index (χ1n) is 5.80. The van der Waals surface area contributed by atoms with Crippen molar-refractivity contribution in [3.63, 3.8) is 0 Å². The fourth-order valence-corrected chi connectivity index (χ4v) is 2.05. The molecular formula is C12H17N3O. The molecule has 0 aliphatic heterocycles. The van der Waals surface area contributed by atoms with E-state index >= 15 is 0 Å². The molecule has 2 amide bonds. The van der Waals surface area contributed by atoms with Crippen LogP contribution in [-0.4, -0.2) is 17.6 Å². The molecule has 4 heteroatoms. The highest BCUT2D eigenvalue weighted by Gasteiger charge is 2.15. The van der Waals surface area contributed by atoms with Crippen LogP contribution in [0.15, 0.2) is 24.4 Å². The summed E-state index contributed by atoms with van der Waals surface area (Å²) in [7, 11) is 0. The molecule has 0 spiro atoms. The molecule has 0 saturated heterocycles. The first-order chi connectivity index (χ1) is 7.84. The zero-order chi connectivity index (χ0) is 11.2. The highest BCUT2D eigenvalue weighted by atomic mass is 16.2. The Labute approximate surface area is 95.5 Å². The van der Waals surface area contributed by atoms with Gasteiger partial charge in [0.15, 0.2) is 0 Å².